The van der Waals surface area contributed by atoms with Crippen molar-refractivity contribution in [2.45, 2.75) is 51.7 Å². The van der Waals surface area contributed by atoms with E-state index in [2.05, 4.69) is 13.8 Å². The van der Waals surface area contributed by atoms with Crippen LogP contribution in [0.4, 0.5) is 0 Å². The average Bonchev–Trinajstić information content (AvgIpc) is 1.82. The van der Waals surface area contributed by atoms with E-state index >= 15 is 0 Å². The van der Waals surface area contributed by atoms with Gasteiger partial charge in [0.15, 0.2) is 0 Å². The van der Waals surface area contributed by atoms with Crippen molar-refractivity contribution in [2.24, 2.45) is 5.92 Å². The Morgan fingerprint density at radius 2 is 2.25 bits per heavy atom. The third kappa shape index (κ3) is 3.11. The highest BCUT2D eigenvalue weighted by molar-refractivity contribution is 4.81. The first-order chi connectivity index (χ1) is 5.49. The Hall–Kier alpha value is -0.0800. The summed E-state index contributed by atoms with van der Waals surface area (Å²) in [5, 5.41) is 9.78. The van der Waals surface area contributed by atoms with Gasteiger partial charge in [-0.3, -0.25) is 0 Å². The van der Waals surface area contributed by atoms with Gasteiger partial charge in [-0.1, -0.05) is 13.8 Å². The van der Waals surface area contributed by atoms with E-state index in [1.165, 1.54) is 0 Å². The second-order valence-corrected chi connectivity index (χ2v) is 4.57. The van der Waals surface area contributed by atoms with Crippen LogP contribution in [-0.4, -0.2) is 23.4 Å². The number of aliphatic hydroxyl groups is 1. The monoisotopic (exact) mass is 172 g/mol. The molecule has 0 aliphatic carbocycles. The molecule has 0 aromatic heterocycles. The highest BCUT2D eigenvalue weighted by Crippen LogP contribution is 2.27. The van der Waals surface area contributed by atoms with Crippen molar-refractivity contribution in [2.75, 3.05) is 6.61 Å². The van der Waals surface area contributed by atoms with E-state index in [1.54, 1.807) is 0 Å². The van der Waals surface area contributed by atoms with Crippen molar-refractivity contribution < 1.29 is 9.84 Å². The molecular weight excluding hydrogens is 152 g/mol. The van der Waals surface area contributed by atoms with Crippen molar-refractivity contribution in [1.82, 2.24) is 0 Å². The number of ether oxygens (including phenoxy) is 1. The predicted molar refractivity (Wildman–Crippen MR) is 49.1 cm³/mol. The highest BCUT2D eigenvalue weighted by Gasteiger charge is 2.30. The van der Waals surface area contributed by atoms with Crippen LogP contribution < -0.4 is 0 Å². The van der Waals surface area contributed by atoms with Gasteiger partial charge in [-0.25, -0.2) is 0 Å². The summed E-state index contributed by atoms with van der Waals surface area (Å²) >= 11 is 0. The van der Waals surface area contributed by atoms with Gasteiger partial charge in [0.2, 0.25) is 0 Å². The molecule has 1 saturated heterocycles. The van der Waals surface area contributed by atoms with Crippen molar-refractivity contribution in [1.29, 1.82) is 0 Å². The Morgan fingerprint density at radius 1 is 1.58 bits per heavy atom. The van der Waals surface area contributed by atoms with Crippen molar-refractivity contribution in [3.05, 3.63) is 0 Å². The zero-order valence-corrected chi connectivity index (χ0v) is 8.34. The van der Waals surface area contributed by atoms with E-state index in [0.29, 0.717) is 12.5 Å². The van der Waals surface area contributed by atoms with Crippen molar-refractivity contribution in [3.63, 3.8) is 0 Å². The molecule has 0 bridgehead atoms. The number of rotatable bonds is 2. The van der Waals surface area contributed by atoms with Gasteiger partial charge in [0, 0.05) is 13.0 Å². The van der Waals surface area contributed by atoms with Gasteiger partial charge in [0.1, 0.15) is 0 Å². The largest absolute Gasteiger partial charge is 0.390 e. The lowest BCUT2D eigenvalue weighted by atomic mass is 9.89. The molecule has 0 radical (unpaired) electrons. The maximum absolute atomic E-state index is 9.78. The summed E-state index contributed by atoms with van der Waals surface area (Å²) in [6.07, 6.45) is 2.91. The smallest absolute Gasteiger partial charge is 0.0666 e. The fraction of sp³-hybridized carbons (Fsp3) is 1.00. The third-order valence-corrected chi connectivity index (χ3v) is 2.40. The van der Waals surface area contributed by atoms with Gasteiger partial charge in [0.25, 0.3) is 0 Å². The quantitative estimate of drug-likeness (QED) is 0.690. The van der Waals surface area contributed by atoms with E-state index in [-0.39, 0.29) is 6.10 Å². The van der Waals surface area contributed by atoms with Crippen LogP contribution in [0.3, 0.4) is 0 Å². The third-order valence-electron chi connectivity index (χ3n) is 2.40. The van der Waals surface area contributed by atoms with Crippen LogP contribution >= 0.6 is 0 Å². The van der Waals surface area contributed by atoms with Crippen LogP contribution in [0, 0.1) is 5.92 Å². The first-order valence-corrected chi connectivity index (χ1v) is 4.83. The molecule has 0 amide bonds. The molecule has 2 atom stereocenters. The summed E-state index contributed by atoms with van der Waals surface area (Å²) in [4.78, 5) is 0. The lowest BCUT2D eigenvalue weighted by molar-refractivity contribution is -0.0985. The Balaban J connectivity index is 2.36. The normalized spacial score (nSPS) is 37.2. The lowest BCUT2D eigenvalue weighted by Gasteiger charge is -2.34. The van der Waals surface area contributed by atoms with Crippen LogP contribution in [0.1, 0.15) is 40.0 Å². The molecule has 0 aromatic rings. The molecule has 0 saturated carbocycles. The zero-order chi connectivity index (χ0) is 9.19. The molecule has 1 aliphatic rings. The minimum atomic E-state index is -0.488. The van der Waals surface area contributed by atoms with Crippen LogP contribution in [0.25, 0.3) is 0 Å². The van der Waals surface area contributed by atoms with Gasteiger partial charge >= 0.3 is 0 Å². The minimum Gasteiger partial charge on any atom is -0.390 e. The lowest BCUT2D eigenvalue weighted by Crippen LogP contribution is -2.38. The molecule has 12 heavy (non-hydrogen) atoms. The summed E-state index contributed by atoms with van der Waals surface area (Å²) < 4.78 is 5.56. The first kappa shape index (κ1) is 10.0. The molecule has 0 spiro atoms. The van der Waals surface area contributed by atoms with Gasteiger partial charge in [0.05, 0.1) is 11.7 Å². The highest BCUT2D eigenvalue weighted by atomic mass is 16.5. The minimum absolute atomic E-state index is 0.272. The summed E-state index contributed by atoms with van der Waals surface area (Å²) in [6.45, 7) is 6.99. The van der Waals surface area contributed by atoms with Crippen LogP contribution in [0.5, 0.6) is 0 Å². The van der Waals surface area contributed by atoms with E-state index in [0.717, 1.165) is 19.3 Å². The Labute approximate surface area is 74.9 Å². The maximum Gasteiger partial charge on any atom is 0.0666 e. The molecule has 1 N–H and O–H groups in total. The van der Waals surface area contributed by atoms with Gasteiger partial charge in [-0.15, -0.1) is 0 Å². The first-order valence-electron chi connectivity index (χ1n) is 4.83. The molecule has 0 aromatic carbocycles. The topological polar surface area (TPSA) is 29.5 Å². The Kier molecular flexibility index (Phi) is 3.13. The fourth-order valence-corrected chi connectivity index (χ4v) is 1.77. The summed E-state index contributed by atoms with van der Waals surface area (Å²) in [6, 6.07) is 0. The molecule has 1 heterocycles. The number of hydrogen-bond acceptors (Lipinski definition) is 2. The zero-order valence-electron chi connectivity index (χ0n) is 8.34. The van der Waals surface area contributed by atoms with E-state index < -0.39 is 5.60 Å². The molecule has 1 unspecified atom stereocenters. The Morgan fingerprint density at radius 3 is 2.75 bits per heavy atom. The van der Waals surface area contributed by atoms with Crippen molar-refractivity contribution >= 4 is 0 Å². The SMILES string of the molecule is CC(C)CC1C[C@](C)(O)CCO1. The second-order valence-electron chi connectivity index (χ2n) is 4.57. The maximum atomic E-state index is 9.78. The van der Waals surface area contributed by atoms with Crippen LogP contribution in [0.2, 0.25) is 0 Å². The molecule has 1 fully saturated rings. The van der Waals surface area contributed by atoms with E-state index in [9.17, 15) is 5.11 Å². The molecule has 72 valence electrons. The predicted octanol–water partition coefficient (Wildman–Crippen LogP) is 1.96. The van der Waals surface area contributed by atoms with E-state index in [1.807, 2.05) is 6.92 Å². The van der Waals surface area contributed by atoms with Gasteiger partial charge in [-0.05, 0) is 25.7 Å². The fourth-order valence-electron chi connectivity index (χ4n) is 1.77. The molecule has 1 aliphatic heterocycles. The molecule has 1 rings (SSSR count). The second kappa shape index (κ2) is 3.75. The molecular formula is C10H20O2. The summed E-state index contributed by atoms with van der Waals surface area (Å²) in [7, 11) is 0. The van der Waals surface area contributed by atoms with Gasteiger partial charge < -0.3 is 9.84 Å². The molecule has 2 nitrogen and oxygen atoms in total. The van der Waals surface area contributed by atoms with Crippen molar-refractivity contribution in [3.8, 4) is 0 Å². The summed E-state index contributed by atoms with van der Waals surface area (Å²) in [5.41, 5.74) is -0.488. The van der Waals surface area contributed by atoms with E-state index in [4.69, 9.17) is 4.74 Å². The average molecular weight is 172 g/mol. The van der Waals surface area contributed by atoms with Crippen LogP contribution in [0.15, 0.2) is 0 Å². The van der Waals surface area contributed by atoms with Gasteiger partial charge in [-0.2, -0.15) is 0 Å². The summed E-state index contributed by atoms with van der Waals surface area (Å²) in [5.74, 6) is 0.656. The van der Waals surface area contributed by atoms with Crippen LogP contribution in [-0.2, 0) is 4.74 Å². The molecule has 2 heteroatoms. The standard InChI is InChI=1S/C10H20O2/c1-8(2)6-9-7-10(3,11)4-5-12-9/h8-9,11H,4-7H2,1-3H3/t9?,10-/m1/s1. The number of hydrogen-bond donors (Lipinski definition) is 1. The Bertz CT molecular complexity index is 141.